The van der Waals surface area contributed by atoms with E-state index in [1.165, 1.54) is 11.8 Å². The second-order valence-corrected chi connectivity index (χ2v) is 14.3. The number of likely N-dealkylation sites (tertiary alicyclic amines) is 1. The highest BCUT2D eigenvalue weighted by Crippen LogP contribution is 2.46. The van der Waals surface area contributed by atoms with E-state index in [0.29, 0.717) is 0 Å². The molecule has 0 amide bonds. The van der Waals surface area contributed by atoms with E-state index >= 15 is 0 Å². The maximum Gasteiger partial charge on any atom is 0.208 e. The van der Waals surface area contributed by atoms with Crippen molar-refractivity contribution in [3.05, 3.63) is 53.6 Å². The number of nitrogens with zero attached hydrogens (tertiary/aromatic N) is 1. The van der Waals surface area contributed by atoms with E-state index < -0.39 is 19.2 Å². The molecule has 33 heavy (non-hydrogen) atoms. The van der Waals surface area contributed by atoms with E-state index in [0.717, 1.165) is 61.2 Å². The molecule has 0 unspecified atom stereocenters. The maximum atomic E-state index is 11.5. The van der Waals surface area contributed by atoms with E-state index in [-0.39, 0.29) is 11.4 Å². The number of alkyl halides is 3. The molecule has 1 spiro atoms. The number of ether oxygens (including phenoxy) is 1. The Balaban J connectivity index is 1.45. The zero-order valence-corrected chi connectivity index (χ0v) is 22.3. The van der Waals surface area contributed by atoms with Gasteiger partial charge in [-0.15, -0.1) is 0 Å². The molecular weight excluding hydrogens is 501 g/mol. The van der Waals surface area contributed by atoms with E-state index in [9.17, 15) is 8.42 Å². The number of fused-ring (bicyclic) bond motifs is 1. The number of hydrogen-bond acceptors (Lipinski definition) is 4. The predicted octanol–water partition coefficient (Wildman–Crippen LogP) is 6.21. The van der Waals surface area contributed by atoms with Crippen molar-refractivity contribution in [3.8, 4) is 16.9 Å². The van der Waals surface area contributed by atoms with Crippen molar-refractivity contribution in [3.63, 3.8) is 0 Å². The maximum absolute atomic E-state index is 11.5. The molecule has 0 N–H and O–H groups in total. The summed E-state index contributed by atoms with van der Waals surface area (Å²) in [5.74, 6) is 1.01. The van der Waals surface area contributed by atoms with E-state index in [1.807, 2.05) is 38.1 Å². The van der Waals surface area contributed by atoms with E-state index in [1.54, 1.807) is 0 Å². The first-order chi connectivity index (χ1) is 15.3. The summed E-state index contributed by atoms with van der Waals surface area (Å²) in [6.45, 7) is 5.61. The standard InChI is InChI=1S/C25H30Cl3NO3S/c1-23(2,25(26,27)28)29-14-12-24(13-15-29)11-10-21-16-20(8-9-22(21)32-24)19-6-4-18(5-7-19)17-33(3,30)31/h4-9,16H,10-15,17H2,1-3H3. The number of benzene rings is 2. The molecule has 4 nitrogen and oxygen atoms in total. The Morgan fingerprint density at radius 3 is 2.15 bits per heavy atom. The van der Waals surface area contributed by atoms with Crippen LogP contribution in [0.4, 0.5) is 0 Å². The number of rotatable bonds is 4. The lowest BCUT2D eigenvalue weighted by atomic mass is 9.81. The van der Waals surface area contributed by atoms with Crippen molar-refractivity contribution >= 4 is 44.6 Å². The fraction of sp³-hybridized carbons (Fsp3) is 0.520. The summed E-state index contributed by atoms with van der Waals surface area (Å²) >= 11 is 18.7. The molecule has 0 bridgehead atoms. The van der Waals surface area contributed by atoms with Crippen LogP contribution in [0.25, 0.3) is 11.1 Å². The lowest BCUT2D eigenvalue weighted by molar-refractivity contribution is -0.0382. The van der Waals surface area contributed by atoms with Crippen LogP contribution in [0, 0.1) is 0 Å². The van der Waals surface area contributed by atoms with Gasteiger partial charge < -0.3 is 4.74 Å². The van der Waals surface area contributed by atoms with Gasteiger partial charge in [-0.3, -0.25) is 4.90 Å². The second-order valence-electron chi connectivity index (χ2n) is 9.92. The SMILES string of the molecule is CC(C)(N1CCC2(CCc3cc(-c4ccc(CS(C)(=O)=O)cc4)ccc3O2)CC1)C(Cl)(Cl)Cl. The van der Waals surface area contributed by atoms with Crippen LogP contribution in [0.1, 0.15) is 44.2 Å². The Morgan fingerprint density at radius 1 is 0.970 bits per heavy atom. The van der Waals surface area contributed by atoms with Gasteiger partial charge in [0.1, 0.15) is 11.4 Å². The van der Waals surface area contributed by atoms with Crippen LogP contribution in [0.5, 0.6) is 5.75 Å². The van der Waals surface area contributed by atoms with Crippen molar-refractivity contribution in [2.24, 2.45) is 0 Å². The summed E-state index contributed by atoms with van der Waals surface area (Å²) in [6, 6.07) is 14.1. The van der Waals surface area contributed by atoms with Crippen LogP contribution >= 0.6 is 34.8 Å². The third kappa shape index (κ3) is 5.48. The molecule has 1 saturated heterocycles. The zero-order valence-electron chi connectivity index (χ0n) is 19.2. The van der Waals surface area contributed by atoms with Crippen LogP contribution in [0.2, 0.25) is 0 Å². The average molecular weight is 531 g/mol. The molecule has 0 atom stereocenters. The summed E-state index contributed by atoms with van der Waals surface area (Å²) in [5.41, 5.74) is 3.48. The number of sulfone groups is 1. The van der Waals surface area contributed by atoms with Crippen molar-refractivity contribution in [1.82, 2.24) is 4.90 Å². The Labute approximate surface area is 212 Å². The molecular formula is C25H30Cl3NO3S. The van der Waals surface area contributed by atoms with Crippen molar-refractivity contribution < 1.29 is 13.2 Å². The fourth-order valence-corrected chi connectivity index (χ4v) is 5.96. The molecule has 0 aliphatic carbocycles. The third-order valence-electron chi connectivity index (χ3n) is 7.11. The molecule has 2 aromatic rings. The normalized spacial score (nSPS) is 19.2. The van der Waals surface area contributed by atoms with Gasteiger partial charge in [0.25, 0.3) is 0 Å². The summed E-state index contributed by atoms with van der Waals surface area (Å²) in [5, 5.41) is 0. The Hall–Kier alpha value is -0.980. The summed E-state index contributed by atoms with van der Waals surface area (Å²) in [7, 11) is -3.04. The lowest BCUT2D eigenvalue weighted by Gasteiger charge is -2.50. The minimum Gasteiger partial charge on any atom is -0.487 e. The van der Waals surface area contributed by atoms with Gasteiger partial charge in [-0.2, -0.15) is 0 Å². The molecule has 0 radical (unpaired) electrons. The van der Waals surface area contributed by atoms with E-state index in [4.69, 9.17) is 39.5 Å². The Kier molecular flexibility index (Phi) is 6.78. The van der Waals surface area contributed by atoms with Gasteiger partial charge in [0.15, 0.2) is 9.84 Å². The highest BCUT2D eigenvalue weighted by Gasteiger charge is 2.49. The van der Waals surface area contributed by atoms with Gasteiger partial charge in [0, 0.05) is 19.3 Å². The molecule has 180 valence electrons. The molecule has 0 aromatic heterocycles. The second kappa shape index (κ2) is 8.91. The van der Waals surface area contributed by atoms with Crippen LogP contribution in [-0.2, 0) is 22.0 Å². The summed E-state index contributed by atoms with van der Waals surface area (Å²) in [4.78, 5) is 2.25. The van der Waals surface area contributed by atoms with Crippen molar-refractivity contribution in [2.45, 2.75) is 60.2 Å². The Morgan fingerprint density at radius 2 is 1.58 bits per heavy atom. The van der Waals surface area contributed by atoms with E-state index in [2.05, 4.69) is 23.1 Å². The van der Waals surface area contributed by atoms with Crippen LogP contribution in [0.3, 0.4) is 0 Å². The first kappa shape index (κ1) is 25.1. The zero-order chi connectivity index (χ0) is 24.1. The van der Waals surface area contributed by atoms with Crippen LogP contribution in [-0.4, -0.2) is 47.6 Å². The molecule has 2 aliphatic heterocycles. The van der Waals surface area contributed by atoms with Gasteiger partial charge in [0.05, 0.1) is 11.3 Å². The molecule has 4 rings (SSSR count). The fourth-order valence-electron chi connectivity index (χ4n) is 4.80. The first-order valence-electron chi connectivity index (χ1n) is 11.2. The quantitative estimate of drug-likeness (QED) is 0.441. The summed E-state index contributed by atoms with van der Waals surface area (Å²) in [6.07, 6.45) is 4.99. The minimum atomic E-state index is -3.04. The highest BCUT2D eigenvalue weighted by molar-refractivity contribution is 7.89. The molecule has 2 aliphatic rings. The van der Waals surface area contributed by atoms with Crippen molar-refractivity contribution in [2.75, 3.05) is 19.3 Å². The number of halogens is 3. The summed E-state index contributed by atoms with van der Waals surface area (Å²) < 4.78 is 28.3. The minimum absolute atomic E-state index is 0.0592. The smallest absolute Gasteiger partial charge is 0.208 e. The van der Waals surface area contributed by atoms with Gasteiger partial charge in [-0.25, -0.2) is 8.42 Å². The van der Waals surface area contributed by atoms with Crippen LogP contribution in [0.15, 0.2) is 42.5 Å². The van der Waals surface area contributed by atoms with Gasteiger partial charge in [0.2, 0.25) is 3.79 Å². The average Bonchev–Trinajstić information content (AvgIpc) is 2.72. The molecule has 1 fully saturated rings. The van der Waals surface area contributed by atoms with Gasteiger partial charge in [-0.05, 0) is 73.9 Å². The Bertz CT molecular complexity index is 1120. The highest BCUT2D eigenvalue weighted by atomic mass is 35.6. The topological polar surface area (TPSA) is 46.6 Å². The lowest BCUT2D eigenvalue weighted by Crippen LogP contribution is -2.59. The monoisotopic (exact) mass is 529 g/mol. The molecule has 0 saturated carbocycles. The largest absolute Gasteiger partial charge is 0.487 e. The number of hydrogen-bond donors (Lipinski definition) is 0. The number of aryl methyl sites for hydroxylation is 1. The van der Waals surface area contributed by atoms with Gasteiger partial charge in [-0.1, -0.05) is 65.1 Å². The molecule has 2 aromatic carbocycles. The van der Waals surface area contributed by atoms with Crippen molar-refractivity contribution in [1.29, 1.82) is 0 Å². The van der Waals surface area contributed by atoms with Crippen LogP contribution < -0.4 is 4.74 Å². The third-order valence-corrected chi connectivity index (χ3v) is 9.36. The number of piperidine rings is 1. The van der Waals surface area contributed by atoms with Gasteiger partial charge >= 0.3 is 0 Å². The molecule has 2 heterocycles. The first-order valence-corrected chi connectivity index (χ1v) is 14.4. The molecule has 8 heteroatoms. The predicted molar refractivity (Wildman–Crippen MR) is 137 cm³/mol.